The summed E-state index contributed by atoms with van der Waals surface area (Å²) in [6.45, 7) is 4.56. The third-order valence-electron chi connectivity index (χ3n) is 3.31. The lowest BCUT2D eigenvalue weighted by atomic mass is 10.1. The number of hydrogen-bond acceptors (Lipinski definition) is 4. The maximum absolute atomic E-state index is 11.8. The molecule has 0 spiro atoms. The molecule has 122 valence electrons. The second-order valence-corrected chi connectivity index (χ2v) is 6.34. The number of urea groups is 1. The first-order valence-corrected chi connectivity index (χ1v) is 8.34. The van der Waals surface area contributed by atoms with E-state index in [9.17, 15) is 9.59 Å². The van der Waals surface area contributed by atoms with E-state index in [-0.39, 0.29) is 12.5 Å². The minimum atomic E-state index is -0.464. The summed E-state index contributed by atoms with van der Waals surface area (Å²) in [5, 5.41) is 10.0. The van der Waals surface area contributed by atoms with Crippen molar-refractivity contribution in [3.8, 4) is 0 Å². The number of hydrogen-bond donors (Lipinski definition) is 3. The van der Waals surface area contributed by atoms with Crippen LogP contribution in [0.5, 0.6) is 0 Å². The summed E-state index contributed by atoms with van der Waals surface area (Å²) in [4.78, 5) is 24.6. The highest BCUT2D eigenvalue weighted by molar-refractivity contribution is 7.09. The van der Waals surface area contributed by atoms with Crippen LogP contribution in [0.15, 0.2) is 35.7 Å². The zero-order valence-electron chi connectivity index (χ0n) is 13.3. The highest BCUT2D eigenvalue weighted by Crippen LogP contribution is 2.15. The fourth-order valence-corrected chi connectivity index (χ4v) is 2.87. The van der Waals surface area contributed by atoms with E-state index in [2.05, 4.69) is 16.0 Å². The van der Waals surface area contributed by atoms with E-state index in [0.29, 0.717) is 6.54 Å². The Morgan fingerprint density at radius 2 is 2.00 bits per heavy atom. The monoisotopic (exact) mass is 331 g/mol. The Kier molecular flexibility index (Phi) is 6.17. The molecule has 0 atom stereocenters. The molecule has 1 heterocycles. The number of benzene rings is 1. The third-order valence-corrected chi connectivity index (χ3v) is 4.25. The van der Waals surface area contributed by atoms with Gasteiger partial charge in [0.2, 0.25) is 5.91 Å². The van der Waals surface area contributed by atoms with E-state index in [1.807, 2.05) is 49.6 Å². The average molecular weight is 331 g/mol. The van der Waals surface area contributed by atoms with Crippen LogP contribution in [0.3, 0.4) is 0 Å². The maximum atomic E-state index is 11.8. The summed E-state index contributed by atoms with van der Waals surface area (Å²) in [7, 11) is 0. The molecule has 2 rings (SSSR count). The molecule has 23 heavy (non-hydrogen) atoms. The number of amides is 3. The summed E-state index contributed by atoms with van der Waals surface area (Å²) in [6.07, 6.45) is 0.764. The highest BCUT2D eigenvalue weighted by atomic mass is 32.1. The summed E-state index contributed by atoms with van der Waals surface area (Å²) in [5.41, 5.74) is 3.13. The quantitative estimate of drug-likeness (QED) is 0.762. The largest absolute Gasteiger partial charge is 0.376 e. The molecular formula is C17H21N3O2S. The lowest BCUT2D eigenvalue weighted by Gasteiger charge is -2.10. The van der Waals surface area contributed by atoms with Crippen LogP contribution in [0.1, 0.15) is 16.0 Å². The van der Waals surface area contributed by atoms with Crippen molar-refractivity contribution in [3.05, 3.63) is 51.7 Å². The summed E-state index contributed by atoms with van der Waals surface area (Å²) in [6, 6.07) is 9.47. The second kappa shape index (κ2) is 8.33. The van der Waals surface area contributed by atoms with Crippen molar-refractivity contribution in [1.82, 2.24) is 10.6 Å². The van der Waals surface area contributed by atoms with Crippen LogP contribution in [0.2, 0.25) is 0 Å². The van der Waals surface area contributed by atoms with Gasteiger partial charge in [-0.2, -0.15) is 0 Å². The Morgan fingerprint density at radius 3 is 2.70 bits per heavy atom. The minimum absolute atomic E-state index is 0.0578. The fourth-order valence-electron chi connectivity index (χ4n) is 2.16. The zero-order valence-corrected chi connectivity index (χ0v) is 14.1. The van der Waals surface area contributed by atoms with Gasteiger partial charge < -0.3 is 10.6 Å². The Labute approximate surface area is 140 Å². The molecule has 6 heteroatoms. The molecule has 3 amide bonds. The van der Waals surface area contributed by atoms with E-state index in [1.165, 1.54) is 10.4 Å². The van der Waals surface area contributed by atoms with Crippen molar-refractivity contribution in [2.24, 2.45) is 0 Å². The number of imide groups is 1. The zero-order chi connectivity index (χ0) is 16.7. The first-order valence-electron chi connectivity index (χ1n) is 7.46. The first kappa shape index (κ1) is 17.0. The molecule has 5 nitrogen and oxygen atoms in total. The van der Waals surface area contributed by atoms with E-state index < -0.39 is 6.03 Å². The highest BCUT2D eigenvalue weighted by Gasteiger charge is 2.07. The molecule has 1 aromatic carbocycles. The summed E-state index contributed by atoms with van der Waals surface area (Å²) in [5.74, 6) is -0.362. The van der Waals surface area contributed by atoms with Gasteiger partial charge in [0.25, 0.3) is 0 Å². The molecule has 0 aliphatic rings. The number of nitrogens with one attached hydrogen (secondary N) is 3. The van der Waals surface area contributed by atoms with Crippen LogP contribution in [0, 0.1) is 13.8 Å². The Morgan fingerprint density at radius 1 is 1.17 bits per heavy atom. The predicted octanol–water partition coefficient (Wildman–Crippen LogP) is 2.85. The molecule has 3 N–H and O–H groups in total. The molecule has 0 bridgehead atoms. The molecular weight excluding hydrogens is 310 g/mol. The number of carbonyl (C=O) groups excluding carboxylic acids is 2. The van der Waals surface area contributed by atoms with Gasteiger partial charge in [0.05, 0.1) is 6.54 Å². The number of thiophene rings is 1. The van der Waals surface area contributed by atoms with Crippen molar-refractivity contribution < 1.29 is 9.59 Å². The smallest absolute Gasteiger partial charge is 0.321 e. The van der Waals surface area contributed by atoms with Gasteiger partial charge in [0.1, 0.15) is 0 Å². The van der Waals surface area contributed by atoms with Crippen LogP contribution in [-0.2, 0) is 11.2 Å². The molecule has 0 saturated heterocycles. The maximum Gasteiger partial charge on any atom is 0.321 e. The summed E-state index contributed by atoms with van der Waals surface area (Å²) < 4.78 is 0. The fraction of sp³-hybridized carbons (Fsp3) is 0.294. The molecule has 0 aliphatic heterocycles. The summed E-state index contributed by atoms with van der Waals surface area (Å²) >= 11 is 1.65. The van der Waals surface area contributed by atoms with Crippen LogP contribution in [-0.4, -0.2) is 25.0 Å². The number of aryl methyl sites for hydroxylation is 2. The van der Waals surface area contributed by atoms with Crippen LogP contribution in [0.25, 0.3) is 0 Å². The first-order chi connectivity index (χ1) is 11.0. The lowest BCUT2D eigenvalue weighted by Crippen LogP contribution is -2.42. The minimum Gasteiger partial charge on any atom is -0.376 e. The van der Waals surface area contributed by atoms with Gasteiger partial charge in [-0.15, -0.1) is 11.3 Å². The average Bonchev–Trinajstić information content (AvgIpc) is 2.99. The van der Waals surface area contributed by atoms with Crippen molar-refractivity contribution in [2.75, 3.05) is 18.4 Å². The molecule has 0 radical (unpaired) electrons. The van der Waals surface area contributed by atoms with E-state index >= 15 is 0 Å². The molecule has 0 unspecified atom stereocenters. The van der Waals surface area contributed by atoms with Gasteiger partial charge in [-0.05, 0) is 43.3 Å². The Balaban J connectivity index is 1.68. The normalized spacial score (nSPS) is 10.2. The van der Waals surface area contributed by atoms with Crippen molar-refractivity contribution in [2.45, 2.75) is 20.3 Å². The molecule has 0 fully saturated rings. The van der Waals surface area contributed by atoms with Gasteiger partial charge in [-0.3, -0.25) is 10.1 Å². The van der Waals surface area contributed by atoms with Gasteiger partial charge in [-0.25, -0.2) is 4.79 Å². The molecule has 0 saturated carbocycles. The number of rotatable bonds is 6. The van der Waals surface area contributed by atoms with Gasteiger partial charge in [0.15, 0.2) is 0 Å². The topological polar surface area (TPSA) is 70.2 Å². The molecule has 0 aliphatic carbocycles. The number of carbonyl (C=O) groups is 2. The Hall–Kier alpha value is -2.34. The lowest BCUT2D eigenvalue weighted by molar-refractivity contribution is -0.118. The van der Waals surface area contributed by atoms with Gasteiger partial charge in [-0.1, -0.05) is 23.8 Å². The van der Waals surface area contributed by atoms with Crippen LogP contribution in [0.4, 0.5) is 10.5 Å². The van der Waals surface area contributed by atoms with E-state index in [1.54, 1.807) is 11.3 Å². The number of anilines is 1. The van der Waals surface area contributed by atoms with Gasteiger partial charge >= 0.3 is 6.03 Å². The van der Waals surface area contributed by atoms with E-state index in [0.717, 1.165) is 17.7 Å². The van der Waals surface area contributed by atoms with Gasteiger partial charge in [0, 0.05) is 17.1 Å². The molecule has 2 aromatic rings. The van der Waals surface area contributed by atoms with E-state index in [4.69, 9.17) is 0 Å². The van der Waals surface area contributed by atoms with Crippen molar-refractivity contribution >= 4 is 29.0 Å². The SMILES string of the molecule is Cc1ccc(NCC(=O)NC(=O)NCCc2cccs2)c(C)c1. The second-order valence-electron chi connectivity index (χ2n) is 5.31. The standard InChI is InChI=1S/C17H21N3O2S/c1-12-5-6-15(13(2)10-12)19-11-16(21)20-17(22)18-8-7-14-4-3-9-23-14/h3-6,9-10,19H,7-8,11H2,1-2H3,(H2,18,20,21,22). The van der Waals surface area contributed by atoms with Crippen molar-refractivity contribution in [1.29, 1.82) is 0 Å². The predicted molar refractivity (Wildman–Crippen MR) is 94.0 cm³/mol. The molecule has 1 aromatic heterocycles. The Bertz CT molecular complexity index is 668. The van der Waals surface area contributed by atoms with Crippen LogP contribution < -0.4 is 16.0 Å². The van der Waals surface area contributed by atoms with Crippen LogP contribution >= 0.6 is 11.3 Å². The third kappa shape index (κ3) is 5.75. The van der Waals surface area contributed by atoms with Crippen molar-refractivity contribution in [3.63, 3.8) is 0 Å².